The number of nitrogens with one attached hydrogen (secondary N) is 1. The van der Waals surface area contributed by atoms with Crippen LogP contribution in [0.1, 0.15) is 23.0 Å². The second-order valence-electron chi connectivity index (χ2n) is 5.89. The predicted octanol–water partition coefficient (Wildman–Crippen LogP) is 1.85. The summed E-state index contributed by atoms with van der Waals surface area (Å²) in [6.45, 7) is 4.77. The Kier molecular flexibility index (Phi) is 4.57. The molecule has 1 aliphatic rings. The van der Waals surface area contributed by atoms with E-state index in [1.54, 1.807) is 27.8 Å². The molecule has 2 aromatic rings. The van der Waals surface area contributed by atoms with Gasteiger partial charge in [0.2, 0.25) is 11.8 Å². The molecule has 0 saturated carbocycles. The summed E-state index contributed by atoms with van der Waals surface area (Å²) in [6, 6.07) is 8.32. The Morgan fingerprint density at radius 1 is 1.38 bits per heavy atom. The number of carbonyl (C=O) groups is 2. The van der Waals surface area contributed by atoms with E-state index in [0.29, 0.717) is 23.7 Å². The molecule has 1 saturated heterocycles. The Morgan fingerprint density at radius 3 is 2.79 bits per heavy atom. The molecule has 0 spiro atoms. The standard InChI is InChI=1S/C17H19ClN4O2/c1-11-9-12(2)22(20-11)10-15(23)21-8-7-19-17(24)16(21)13-5-3-4-6-14(13)18/h3-6,9,16H,7-8,10H2,1-2H3,(H,19,24). The average Bonchev–Trinajstić information content (AvgIpc) is 2.85. The topological polar surface area (TPSA) is 67.2 Å². The lowest BCUT2D eigenvalue weighted by Gasteiger charge is -2.35. The molecular formula is C17H19ClN4O2. The number of aryl methyl sites for hydroxylation is 2. The average molecular weight is 347 g/mol. The van der Waals surface area contributed by atoms with Crippen molar-refractivity contribution < 1.29 is 9.59 Å². The number of piperazine rings is 1. The van der Waals surface area contributed by atoms with Crippen LogP contribution in [0.2, 0.25) is 5.02 Å². The first kappa shape index (κ1) is 16.5. The van der Waals surface area contributed by atoms with Crippen molar-refractivity contribution in [3.8, 4) is 0 Å². The van der Waals surface area contributed by atoms with E-state index in [9.17, 15) is 9.59 Å². The SMILES string of the molecule is Cc1cc(C)n(CC(=O)N2CCNC(=O)C2c2ccccc2Cl)n1. The molecule has 2 amide bonds. The van der Waals surface area contributed by atoms with Gasteiger partial charge in [-0.3, -0.25) is 14.3 Å². The summed E-state index contributed by atoms with van der Waals surface area (Å²) < 4.78 is 1.66. The second-order valence-corrected chi connectivity index (χ2v) is 6.29. The van der Waals surface area contributed by atoms with Crippen LogP contribution in [0, 0.1) is 13.8 Å². The van der Waals surface area contributed by atoms with Gasteiger partial charge < -0.3 is 10.2 Å². The first-order chi connectivity index (χ1) is 11.5. The lowest BCUT2D eigenvalue weighted by atomic mass is 10.0. The largest absolute Gasteiger partial charge is 0.352 e. The van der Waals surface area contributed by atoms with Crippen LogP contribution in [0.15, 0.2) is 30.3 Å². The van der Waals surface area contributed by atoms with E-state index in [4.69, 9.17) is 11.6 Å². The summed E-state index contributed by atoms with van der Waals surface area (Å²) in [5.41, 5.74) is 2.41. The fourth-order valence-corrected chi connectivity index (χ4v) is 3.23. The summed E-state index contributed by atoms with van der Waals surface area (Å²) in [6.07, 6.45) is 0. The van der Waals surface area contributed by atoms with E-state index in [1.807, 2.05) is 26.0 Å². The van der Waals surface area contributed by atoms with E-state index in [2.05, 4.69) is 10.4 Å². The number of rotatable bonds is 3. The smallest absolute Gasteiger partial charge is 0.247 e. The third kappa shape index (κ3) is 3.14. The number of hydrogen-bond acceptors (Lipinski definition) is 3. The third-order valence-electron chi connectivity index (χ3n) is 4.12. The molecule has 1 N–H and O–H groups in total. The van der Waals surface area contributed by atoms with Crippen molar-refractivity contribution in [2.45, 2.75) is 26.4 Å². The van der Waals surface area contributed by atoms with Crippen LogP contribution < -0.4 is 5.32 Å². The van der Waals surface area contributed by atoms with Crippen LogP contribution in [-0.2, 0) is 16.1 Å². The molecule has 3 rings (SSSR count). The van der Waals surface area contributed by atoms with Gasteiger partial charge in [0.15, 0.2) is 0 Å². The molecule has 1 aromatic carbocycles. The van der Waals surface area contributed by atoms with Gasteiger partial charge in [0.1, 0.15) is 12.6 Å². The first-order valence-corrected chi connectivity index (χ1v) is 8.18. The van der Waals surface area contributed by atoms with Crippen LogP contribution >= 0.6 is 11.6 Å². The Balaban J connectivity index is 1.89. The highest BCUT2D eigenvalue weighted by atomic mass is 35.5. The quantitative estimate of drug-likeness (QED) is 0.922. The maximum atomic E-state index is 12.8. The number of aromatic nitrogens is 2. The third-order valence-corrected chi connectivity index (χ3v) is 4.46. The van der Waals surface area contributed by atoms with Crippen LogP contribution in [0.4, 0.5) is 0 Å². The van der Waals surface area contributed by atoms with Gasteiger partial charge in [0.05, 0.1) is 5.69 Å². The normalized spacial score (nSPS) is 17.7. The summed E-state index contributed by atoms with van der Waals surface area (Å²) in [4.78, 5) is 26.8. The van der Waals surface area contributed by atoms with Crippen LogP contribution in [0.5, 0.6) is 0 Å². The minimum Gasteiger partial charge on any atom is -0.352 e. The van der Waals surface area contributed by atoms with Crippen molar-refractivity contribution in [3.05, 3.63) is 52.3 Å². The van der Waals surface area contributed by atoms with Crippen molar-refractivity contribution in [2.75, 3.05) is 13.1 Å². The van der Waals surface area contributed by atoms with Crippen LogP contribution in [0.25, 0.3) is 0 Å². The monoisotopic (exact) mass is 346 g/mol. The lowest BCUT2D eigenvalue weighted by molar-refractivity contribution is -0.144. The van der Waals surface area contributed by atoms with Crippen molar-refractivity contribution in [3.63, 3.8) is 0 Å². The van der Waals surface area contributed by atoms with Gasteiger partial charge in [0.25, 0.3) is 0 Å². The number of nitrogens with zero attached hydrogens (tertiary/aromatic N) is 3. The number of amides is 2. The molecule has 1 atom stereocenters. The molecule has 0 aliphatic carbocycles. The van der Waals surface area contributed by atoms with Crippen molar-refractivity contribution in [2.24, 2.45) is 0 Å². The molecule has 0 bridgehead atoms. The van der Waals surface area contributed by atoms with E-state index >= 15 is 0 Å². The van der Waals surface area contributed by atoms with E-state index < -0.39 is 6.04 Å². The van der Waals surface area contributed by atoms with Crippen molar-refractivity contribution in [1.82, 2.24) is 20.0 Å². The van der Waals surface area contributed by atoms with Crippen molar-refractivity contribution in [1.29, 1.82) is 0 Å². The fourth-order valence-electron chi connectivity index (χ4n) is 3.00. The van der Waals surface area contributed by atoms with Gasteiger partial charge in [-0.15, -0.1) is 0 Å². The fraction of sp³-hybridized carbons (Fsp3) is 0.353. The maximum Gasteiger partial charge on any atom is 0.247 e. The summed E-state index contributed by atoms with van der Waals surface area (Å²) >= 11 is 6.25. The molecule has 0 radical (unpaired) electrons. The van der Waals surface area contributed by atoms with Gasteiger partial charge in [-0.05, 0) is 26.0 Å². The van der Waals surface area contributed by atoms with Gasteiger partial charge in [-0.2, -0.15) is 5.10 Å². The molecule has 1 aromatic heterocycles. The number of benzene rings is 1. The van der Waals surface area contributed by atoms with Gasteiger partial charge in [-0.25, -0.2) is 0 Å². The van der Waals surface area contributed by atoms with E-state index in [0.717, 1.165) is 11.4 Å². The highest BCUT2D eigenvalue weighted by Gasteiger charge is 2.35. The first-order valence-electron chi connectivity index (χ1n) is 7.80. The van der Waals surface area contributed by atoms with Crippen LogP contribution in [0.3, 0.4) is 0 Å². The Hall–Kier alpha value is -2.34. The molecule has 1 aliphatic heterocycles. The molecular weight excluding hydrogens is 328 g/mol. The molecule has 126 valence electrons. The summed E-state index contributed by atoms with van der Waals surface area (Å²) in [7, 11) is 0. The van der Waals surface area contributed by atoms with Gasteiger partial charge >= 0.3 is 0 Å². The van der Waals surface area contributed by atoms with E-state index in [1.165, 1.54) is 0 Å². The molecule has 2 heterocycles. The molecule has 7 heteroatoms. The Bertz CT molecular complexity index is 787. The van der Waals surface area contributed by atoms with Gasteiger partial charge in [0, 0.05) is 29.4 Å². The lowest BCUT2D eigenvalue weighted by Crippen LogP contribution is -2.53. The number of hydrogen-bond donors (Lipinski definition) is 1. The zero-order valence-corrected chi connectivity index (χ0v) is 14.4. The minimum absolute atomic E-state index is 0.105. The van der Waals surface area contributed by atoms with Crippen LogP contribution in [-0.4, -0.2) is 39.6 Å². The highest BCUT2D eigenvalue weighted by Crippen LogP contribution is 2.29. The zero-order chi connectivity index (χ0) is 17.3. The number of carbonyl (C=O) groups excluding carboxylic acids is 2. The molecule has 6 nitrogen and oxygen atoms in total. The molecule has 1 fully saturated rings. The van der Waals surface area contributed by atoms with Gasteiger partial charge in [-0.1, -0.05) is 29.8 Å². The predicted molar refractivity (Wildman–Crippen MR) is 90.6 cm³/mol. The second kappa shape index (κ2) is 6.65. The maximum absolute atomic E-state index is 12.8. The Labute approximate surface area is 145 Å². The molecule has 1 unspecified atom stereocenters. The minimum atomic E-state index is -0.711. The summed E-state index contributed by atoms with van der Waals surface area (Å²) in [5, 5.41) is 7.61. The van der Waals surface area contributed by atoms with E-state index in [-0.39, 0.29) is 18.4 Å². The summed E-state index contributed by atoms with van der Waals surface area (Å²) in [5.74, 6) is -0.364. The van der Waals surface area contributed by atoms with Crippen molar-refractivity contribution >= 4 is 23.4 Å². The zero-order valence-electron chi connectivity index (χ0n) is 13.6. The Morgan fingerprint density at radius 2 is 2.12 bits per heavy atom. The molecule has 24 heavy (non-hydrogen) atoms. The number of halogens is 1. The highest BCUT2D eigenvalue weighted by molar-refractivity contribution is 6.31.